The van der Waals surface area contributed by atoms with E-state index >= 15 is 0 Å². The van der Waals surface area contributed by atoms with Crippen molar-refractivity contribution in [2.45, 2.75) is 0 Å². The van der Waals surface area contributed by atoms with Crippen molar-refractivity contribution in [3.8, 4) is 0 Å². The number of aromatic nitrogens is 1. The Balaban J connectivity index is 3.10. The molecule has 1 heterocycles. The minimum Gasteiger partial charge on any atom is -0.405 e. The van der Waals surface area contributed by atoms with Gasteiger partial charge in [0.15, 0.2) is 5.58 Å². The molecule has 2 rings (SSSR count). The quantitative estimate of drug-likeness (QED) is 0.757. The summed E-state index contributed by atoms with van der Waals surface area (Å²) in [5.41, 5.74) is -0.159. The van der Waals surface area contributed by atoms with Crippen LogP contribution in [0.15, 0.2) is 15.3 Å². The third kappa shape index (κ3) is 1.95. The molecule has 0 radical (unpaired) electrons. The Bertz CT molecular complexity index is 774. The highest BCUT2D eigenvalue weighted by Crippen LogP contribution is 2.36. The molecule has 5 nitrogen and oxygen atoms in total. The van der Waals surface area contributed by atoms with Crippen molar-refractivity contribution in [3.63, 3.8) is 0 Å². The Morgan fingerprint density at radius 3 is 2.35 bits per heavy atom. The van der Waals surface area contributed by atoms with Crippen LogP contribution in [0.3, 0.4) is 0 Å². The van der Waals surface area contributed by atoms with E-state index in [-0.39, 0.29) is 26.2 Å². The molecule has 0 N–H and O–H groups in total. The monoisotopic (exact) mass is 315 g/mol. The lowest BCUT2D eigenvalue weighted by Crippen LogP contribution is -2.21. The van der Waals surface area contributed by atoms with Gasteiger partial charge in [0.05, 0.1) is 16.3 Å². The number of rotatable bonds is 1. The van der Waals surface area contributed by atoms with E-state index in [1.54, 1.807) is 0 Å². The van der Waals surface area contributed by atoms with Crippen LogP contribution in [0.4, 0.5) is 0 Å². The third-order valence-electron chi connectivity index (χ3n) is 2.00. The first-order chi connectivity index (χ1) is 7.73. The van der Waals surface area contributed by atoms with E-state index in [9.17, 15) is 13.2 Å². The first-order valence-corrected chi connectivity index (χ1v) is 7.11. The highest BCUT2D eigenvalue weighted by Gasteiger charge is 2.22. The van der Waals surface area contributed by atoms with Gasteiger partial charge < -0.3 is 4.42 Å². The number of fused-ring (bicyclic) bond motifs is 1. The van der Waals surface area contributed by atoms with E-state index in [0.717, 1.165) is 6.26 Å². The molecule has 0 aliphatic heterocycles. The smallest absolute Gasteiger partial charge is 0.405 e. The zero-order valence-electron chi connectivity index (χ0n) is 8.20. The molecule has 2 aromatic rings. The lowest BCUT2D eigenvalue weighted by Gasteiger charge is -2.01. The van der Waals surface area contributed by atoms with Gasteiger partial charge >= 0.3 is 5.76 Å². The molecule has 92 valence electrons. The maximum atomic E-state index is 11.4. The van der Waals surface area contributed by atoms with Crippen molar-refractivity contribution in [2.75, 3.05) is 6.26 Å². The summed E-state index contributed by atoms with van der Waals surface area (Å²) >= 11 is 17.3. The summed E-state index contributed by atoms with van der Waals surface area (Å²) in [7, 11) is -3.81. The van der Waals surface area contributed by atoms with Crippen LogP contribution in [0.25, 0.3) is 11.1 Å². The summed E-state index contributed by atoms with van der Waals surface area (Å²) in [4.78, 5) is 11.4. The van der Waals surface area contributed by atoms with Crippen LogP contribution in [0.5, 0.6) is 0 Å². The molecule has 0 unspecified atom stereocenters. The molecule has 0 fully saturated rings. The van der Waals surface area contributed by atoms with E-state index < -0.39 is 15.8 Å². The Hall–Kier alpha value is -0.690. The van der Waals surface area contributed by atoms with Crippen LogP contribution in [-0.2, 0) is 10.0 Å². The molecule has 9 heteroatoms. The lowest BCUT2D eigenvalue weighted by atomic mass is 10.3. The lowest BCUT2D eigenvalue weighted by molar-refractivity contribution is 0.536. The molecule has 0 bridgehead atoms. The van der Waals surface area contributed by atoms with Gasteiger partial charge in [0.25, 0.3) is 0 Å². The highest BCUT2D eigenvalue weighted by atomic mass is 35.5. The molecule has 0 amide bonds. The summed E-state index contributed by atoms with van der Waals surface area (Å²) in [5, 5.41) is -0.0775. The molecule has 0 saturated carbocycles. The van der Waals surface area contributed by atoms with E-state index in [2.05, 4.69) is 0 Å². The second-order valence-electron chi connectivity index (χ2n) is 3.23. The molecule has 1 aromatic carbocycles. The molecule has 0 spiro atoms. The van der Waals surface area contributed by atoms with Gasteiger partial charge in [-0.1, -0.05) is 34.8 Å². The van der Waals surface area contributed by atoms with Gasteiger partial charge in [0.1, 0.15) is 10.5 Å². The average Bonchev–Trinajstić information content (AvgIpc) is 2.51. The minimum absolute atomic E-state index is 0.00441. The maximum absolute atomic E-state index is 11.4. The standard InChI is InChI=1S/C8H4Cl3NO4S/c1-17(14,15)12-4-2-3(9)5(10)6(11)7(4)16-8(12)13/h2H,1H3. The predicted octanol–water partition coefficient (Wildman–Crippen LogP) is 2.36. The number of benzene rings is 1. The van der Waals surface area contributed by atoms with Crippen molar-refractivity contribution >= 4 is 55.9 Å². The van der Waals surface area contributed by atoms with E-state index in [0.29, 0.717) is 3.97 Å². The number of oxazole rings is 1. The van der Waals surface area contributed by atoms with Gasteiger partial charge in [0.2, 0.25) is 10.0 Å². The first-order valence-electron chi connectivity index (χ1n) is 4.13. The van der Waals surface area contributed by atoms with Crippen LogP contribution < -0.4 is 5.76 Å². The minimum atomic E-state index is -3.81. The third-order valence-corrected chi connectivity index (χ3v) is 4.26. The van der Waals surface area contributed by atoms with Crippen LogP contribution >= 0.6 is 34.8 Å². The molecule has 0 saturated heterocycles. The van der Waals surface area contributed by atoms with Crippen molar-refractivity contribution in [1.29, 1.82) is 0 Å². The molecular weight excluding hydrogens is 313 g/mol. The van der Waals surface area contributed by atoms with E-state index in [1.165, 1.54) is 6.07 Å². The summed E-state index contributed by atoms with van der Waals surface area (Å²) < 4.78 is 28.1. The number of nitrogens with zero attached hydrogens (tertiary/aromatic N) is 1. The fourth-order valence-electron chi connectivity index (χ4n) is 1.36. The van der Waals surface area contributed by atoms with Crippen molar-refractivity contribution in [3.05, 3.63) is 31.7 Å². The van der Waals surface area contributed by atoms with Gasteiger partial charge in [-0.3, -0.25) is 0 Å². The molecule has 17 heavy (non-hydrogen) atoms. The van der Waals surface area contributed by atoms with E-state index in [4.69, 9.17) is 39.2 Å². The van der Waals surface area contributed by atoms with Crippen molar-refractivity contribution in [2.24, 2.45) is 0 Å². The Morgan fingerprint density at radius 2 is 1.82 bits per heavy atom. The Morgan fingerprint density at radius 1 is 1.24 bits per heavy atom. The van der Waals surface area contributed by atoms with Crippen LogP contribution in [0.1, 0.15) is 0 Å². The largest absolute Gasteiger partial charge is 0.434 e. The maximum Gasteiger partial charge on any atom is 0.434 e. The molecule has 0 aliphatic carbocycles. The second kappa shape index (κ2) is 3.91. The van der Waals surface area contributed by atoms with Crippen LogP contribution in [-0.4, -0.2) is 18.6 Å². The summed E-state index contributed by atoms with van der Waals surface area (Å²) in [5.74, 6) is -1.07. The average molecular weight is 317 g/mol. The first kappa shape index (κ1) is 12.8. The number of hydrogen-bond acceptors (Lipinski definition) is 4. The molecular formula is C8H4Cl3NO4S. The summed E-state index contributed by atoms with van der Waals surface area (Å²) in [6.07, 6.45) is 0.861. The Labute approximate surface area is 111 Å². The molecule has 0 atom stereocenters. The normalized spacial score (nSPS) is 12.2. The van der Waals surface area contributed by atoms with E-state index in [1.807, 2.05) is 0 Å². The van der Waals surface area contributed by atoms with Gasteiger partial charge in [-0.05, 0) is 6.07 Å². The number of halogens is 3. The van der Waals surface area contributed by atoms with Crippen LogP contribution in [0, 0.1) is 0 Å². The SMILES string of the molecule is CS(=O)(=O)n1c(=O)oc2c(Cl)c(Cl)c(Cl)cc21. The van der Waals surface area contributed by atoms with Gasteiger partial charge in [-0.15, -0.1) is 0 Å². The topological polar surface area (TPSA) is 69.3 Å². The molecule has 1 aromatic heterocycles. The Kier molecular flexibility index (Phi) is 2.94. The zero-order chi connectivity index (χ0) is 13.0. The summed E-state index contributed by atoms with van der Waals surface area (Å²) in [6.45, 7) is 0. The fraction of sp³-hybridized carbons (Fsp3) is 0.125. The summed E-state index contributed by atoms with van der Waals surface area (Å²) in [6, 6.07) is 1.21. The number of hydrogen-bond donors (Lipinski definition) is 0. The predicted molar refractivity (Wildman–Crippen MR) is 65.7 cm³/mol. The van der Waals surface area contributed by atoms with Crippen molar-refractivity contribution in [1.82, 2.24) is 3.97 Å². The van der Waals surface area contributed by atoms with Gasteiger partial charge in [0, 0.05) is 0 Å². The van der Waals surface area contributed by atoms with Gasteiger partial charge in [-0.2, -0.15) is 3.97 Å². The van der Waals surface area contributed by atoms with Crippen molar-refractivity contribution < 1.29 is 12.8 Å². The second-order valence-corrected chi connectivity index (χ2v) is 6.22. The highest BCUT2D eigenvalue weighted by molar-refractivity contribution is 7.89. The van der Waals surface area contributed by atoms with Crippen LogP contribution in [0.2, 0.25) is 15.1 Å². The van der Waals surface area contributed by atoms with Gasteiger partial charge in [-0.25, -0.2) is 13.2 Å². The fourth-order valence-corrected chi connectivity index (χ4v) is 2.78. The zero-order valence-corrected chi connectivity index (χ0v) is 11.3. The molecule has 0 aliphatic rings.